The van der Waals surface area contributed by atoms with Gasteiger partial charge < -0.3 is 4.90 Å². The van der Waals surface area contributed by atoms with E-state index < -0.39 is 0 Å². The molecule has 0 bridgehead atoms. The Kier molecular flexibility index (Phi) is 4.48. The first-order valence-corrected chi connectivity index (χ1v) is 8.91. The summed E-state index contributed by atoms with van der Waals surface area (Å²) in [6, 6.07) is 30.6. The third-order valence-electron chi connectivity index (χ3n) is 4.71. The molecule has 0 aromatic heterocycles. The smallest absolute Gasteiger partial charge is 0.0991 e. The standard InChI is InChI=1S/C23H17ClN2/c24-21-16-26(20-9-5-2-6-10-20)23(19-13-11-17(15-25)12-14-19)22(21)18-7-3-1-4-8-18/h1-14,23H,16H2. The maximum Gasteiger partial charge on any atom is 0.0991 e. The molecule has 0 saturated heterocycles. The molecule has 0 N–H and O–H groups in total. The quantitative estimate of drug-likeness (QED) is 0.595. The first-order chi connectivity index (χ1) is 12.8. The average Bonchev–Trinajstić information content (AvgIpc) is 3.06. The zero-order valence-electron chi connectivity index (χ0n) is 14.1. The van der Waals surface area contributed by atoms with Gasteiger partial charge in [0.15, 0.2) is 0 Å². The number of hydrogen-bond donors (Lipinski definition) is 0. The molecule has 3 heteroatoms. The Balaban J connectivity index is 1.84. The van der Waals surface area contributed by atoms with Crippen molar-refractivity contribution in [3.63, 3.8) is 0 Å². The number of para-hydroxylation sites is 1. The Morgan fingerprint density at radius 2 is 1.46 bits per heavy atom. The fourth-order valence-corrected chi connectivity index (χ4v) is 3.85. The summed E-state index contributed by atoms with van der Waals surface area (Å²) in [7, 11) is 0. The molecule has 26 heavy (non-hydrogen) atoms. The van der Waals surface area contributed by atoms with Crippen molar-refractivity contribution in [1.29, 1.82) is 5.26 Å². The van der Waals surface area contributed by atoms with Crippen molar-refractivity contribution in [1.82, 2.24) is 0 Å². The van der Waals surface area contributed by atoms with Crippen LogP contribution in [0.3, 0.4) is 0 Å². The Morgan fingerprint density at radius 3 is 2.08 bits per heavy atom. The van der Waals surface area contributed by atoms with Gasteiger partial charge in [-0.15, -0.1) is 0 Å². The van der Waals surface area contributed by atoms with Crippen LogP contribution in [0.4, 0.5) is 5.69 Å². The summed E-state index contributed by atoms with van der Waals surface area (Å²) in [5.41, 5.74) is 5.17. The molecule has 1 aliphatic heterocycles. The first-order valence-electron chi connectivity index (χ1n) is 8.53. The van der Waals surface area contributed by atoms with Gasteiger partial charge in [0.1, 0.15) is 0 Å². The van der Waals surface area contributed by atoms with Crippen LogP contribution in [-0.2, 0) is 0 Å². The van der Waals surface area contributed by atoms with E-state index in [1.807, 2.05) is 60.7 Å². The third kappa shape index (κ3) is 2.98. The van der Waals surface area contributed by atoms with Crippen LogP contribution in [0, 0.1) is 11.3 Å². The zero-order chi connectivity index (χ0) is 17.9. The topological polar surface area (TPSA) is 27.0 Å². The van der Waals surface area contributed by atoms with Crippen LogP contribution in [0.2, 0.25) is 0 Å². The fourth-order valence-electron chi connectivity index (χ4n) is 3.51. The van der Waals surface area contributed by atoms with E-state index >= 15 is 0 Å². The average molecular weight is 357 g/mol. The highest BCUT2D eigenvalue weighted by Crippen LogP contribution is 2.46. The summed E-state index contributed by atoms with van der Waals surface area (Å²) in [5, 5.41) is 9.96. The summed E-state index contributed by atoms with van der Waals surface area (Å²) in [6.45, 7) is 0.667. The lowest BCUT2D eigenvalue weighted by Gasteiger charge is -2.29. The lowest BCUT2D eigenvalue weighted by molar-refractivity contribution is 0.823. The number of halogens is 1. The maximum atomic E-state index is 9.11. The van der Waals surface area contributed by atoms with Gasteiger partial charge in [-0.25, -0.2) is 0 Å². The number of nitriles is 1. The Labute approximate surface area is 158 Å². The third-order valence-corrected chi connectivity index (χ3v) is 5.04. The summed E-state index contributed by atoms with van der Waals surface area (Å²) < 4.78 is 0. The lowest BCUT2D eigenvalue weighted by Crippen LogP contribution is -2.24. The van der Waals surface area contributed by atoms with Gasteiger partial charge in [0.25, 0.3) is 0 Å². The van der Waals surface area contributed by atoms with Gasteiger partial charge in [0.2, 0.25) is 0 Å². The van der Waals surface area contributed by atoms with Crippen LogP contribution in [-0.4, -0.2) is 6.54 Å². The summed E-state index contributed by atoms with van der Waals surface area (Å²) in [4.78, 5) is 2.31. The van der Waals surface area contributed by atoms with Gasteiger partial charge >= 0.3 is 0 Å². The lowest BCUT2D eigenvalue weighted by atomic mass is 9.93. The monoisotopic (exact) mass is 356 g/mol. The van der Waals surface area contributed by atoms with Crippen molar-refractivity contribution in [3.05, 3.63) is 107 Å². The molecular weight excluding hydrogens is 340 g/mol. The number of nitrogens with zero attached hydrogens (tertiary/aromatic N) is 2. The highest BCUT2D eigenvalue weighted by atomic mass is 35.5. The summed E-state index contributed by atoms with van der Waals surface area (Å²) in [6.07, 6.45) is 0. The first kappa shape index (κ1) is 16.4. The second-order valence-corrected chi connectivity index (χ2v) is 6.74. The van der Waals surface area contributed by atoms with E-state index in [-0.39, 0.29) is 6.04 Å². The van der Waals surface area contributed by atoms with E-state index in [2.05, 4.69) is 35.2 Å². The van der Waals surface area contributed by atoms with Crippen LogP contribution in [0.1, 0.15) is 22.7 Å². The summed E-state index contributed by atoms with van der Waals surface area (Å²) in [5.74, 6) is 0. The highest BCUT2D eigenvalue weighted by molar-refractivity contribution is 6.34. The Morgan fingerprint density at radius 1 is 0.846 bits per heavy atom. The number of rotatable bonds is 3. The van der Waals surface area contributed by atoms with Crippen molar-refractivity contribution in [2.24, 2.45) is 0 Å². The van der Waals surface area contributed by atoms with Crippen molar-refractivity contribution in [3.8, 4) is 6.07 Å². The molecule has 0 aliphatic carbocycles. The van der Waals surface area contributed by atoms with E-state index in [1.54, 1.807) is 0 Å². The van der Waals surface area contributed by atoms with E-state index in [0.717, 1.165) is 27.4 Å². The van der Waals surface area contributed by atoms with E-state index in [1.165, 1.54) is 0 Å². The maximum absolute atomic E-state index is 9.11. The Bertz CT molecular complexity index is 970. The van der Waals surface area contributed by atoms with Gasteiger partial charge in [-0.05, 0) is 35.4 Å². The second-order valence-electron chi connectivity index (χ2n) is 6.28. The van der Waals surface area contributed by atoms with Crippen LogP contribution in [0.15, 0.2) is 90.0 Å². The molecule has 1 unspecified atom stereocenters. The molecule has 126 valence electrons. The van der Waals surface area contributed by atoms with Gasteiger partial charge in [-0.1, -0.05) is 72.3 Å². The van der Waals surface area contributed by atoms with Crippen molar-refractivity contribution < 1.29 is 0 Å². The minimum atomic E-state index is 0.0139. The molecule has 0 fully saturated rings. The molecule has 0 radical (unpaired) electrons. The molecule has 4 rings (SSSR count). The van der Waals surface area contributed by atoms with Gasteiger partial charge in [0, 0.05) is 16.3 Å². The molecule has 3 aromatic rings. The minimum absolute atomic E-state index is 0.0139. The van der Waals surface area contributed by atoms with E-state index in [4.69, 9.17) is 16.9 Å². The zero-order valence-corrected chi connectivity index (χ0v) is 14.9. The van der Waals surface area contributed by atoms with Crippen molar-refractivity contribution >= 4 is 22.9 Å². The number of benzene rings is 3. The van der Waals surface area contributed by atoms with E-state index in [9.17, 15) is 0 Å². The molecule has 3 aromatic carbocycles. The van der Waals surface area contributed by atoms with Crippen LogP contribution in [0.25, 0.3) is 5.57 Å². The molecule has 1 heterocycles. The van der Waals surface area contributed by atoms with Gasteiger partial charge in [-0.2, -0.15) is 5.26 Å². The van der Waals surface area contributed by atoms with Crippen molar-refractivity contribution in [2.75, 3.05) is 11.4 Å². The molecule has 1 aliphatic rings. The van der Waals surface area contributed by atoms with Crippen LogP contribution < -0.4 is 4.90 Å². The predicted octanol–water partition coefficient (Wildman–Crippen LogP) is 5.77. The molecule has 0 spiro atoms. The summed E-state index contributed by atoms with van der Waals surface area (Å²) >= 11 is 6.75. The predicted molar refractivity (Wildman–Crippen MR) is 107 cm³/mol. The normalized spacial score (nSPS) is 16.6. The molecule has 2 nitrogen and oxygen atoms in total. The number of anilines is 1. The van der Waals surface area contributed by atoms with Crippen molar-refractivity contribution in [2.45, 2.75) is 6.04 Å². The fraction of sp³-hybridized carbons (Fsp3) is 0.0870. The van der Waals surface area contributed by atoms with E-state index in [0.29, 0.717) is 12.1 Å². The molecule has 0 saturated carbocycles. The van der Waals surface area contributed by atoms with Gasteiger partial charge in [0.05, 0.1) is 24.2 Å². The molecule has 1 atom stereocenters. The number of hydrogen-bond acceptors (Lipinski definition) is 2. The van der Waals surface area contributed by atoms with Gasteiger partial charge in [-0.3, -0.25) is 0 Å². The van der Waals surface area contributed by atoms with Crippen LogP contribution >= 0.6 is 11.6 Å². The second kappa shape index (κ2) is 7.07. The Hall–Kier alpha value is -3.02. The molecular formula is C23H17ClN2. The van der Waals surface area contributed by atoms with Crippen LogP contribution in [0.5, 0.6) is 0 Å². The largest absolute Gasteiger partial charge is 0.355 e. The highest BCUT2D eigenvalue weighted by Gasteiger charge is 2.34. The SMILES string of the molecule is N#Cc1ccc(C2C(c3ccccc3)=C(Cl)CN2c2ccccc2)cc1. The minimum Gasteiger partial charge on any atom is -0.355 e. The molecule has 0 amide bonds.